The Kier molecular flexibility index (Phi) is 4.65. The second-order valence-electron chi connectivity index (χ2n) is 6.51. The zero-order chi connectivity index (χ0) is 17.1. The van der Waals surface area contributed by atoms with Crippen LogP contribution in [-0.4, -0.2) is 29.8 Å². The summed E-state index contributed by atoms with van der Waals surface area (Å²) in [6.45, 7) is 4.70. The summed E-state index contributed by atoms with van der Waals surface area (Å²) in [6.07, 6.45) is 0.473. The van der Waals surface area contributed by atoms with E-state index < -0.39 is 0 Å². The van der Waals surface area contributed by atoms with Crippen LogP contribution in [0.15, 0.2) is 48.5 Å². The third-order valence-corrected chi connectivity index (χ3v) is 4.33. The van der Waals surface area contributed by atoms with E-state index in [0.717, 1.165) is 22.4 Å². The Morgan fingerprint density at radius 2 is 1.79 bits per heavy atom. The van der Waals surface area contributed by atoms with Crippen molar-refractivity contribution in [1.29, 1.82) is 0 Å². The monoisotopic (exact) mass is 322 g/mol. The van der Waals surface area contributed by atoms with E-state index in [9.17, 15) is 9.59 Å². The first-order chi connectivity index (χ1) is 11.5. The van der Waals surface area contributed by atoms with Crippen molar-refractivity contribution in [2.75, 3.05) is 18.4 Å². The van der Waals surface area contributed by atoms with Crippen LogP contribution in [0, 0.1) is 13.8 Å². The molecule has 4 nitrogen and oxygen atoms in total. The Morgan fingerprint density at radius 1 is 1.12 bits per heavy atom. The first-order valence-corrected chi connectivity index (χ1v) is 8.22. The van der Waals surface area contributed by atoms with E-state index >= 15 is 0 Å². The molecule has 0 spiro atoms. The molecular weight excluding hydrogens is 300 g/mol. The van der Waals surface area contributed by atoms with E-state index in [1.807, 2.05) is 56.3 Å². The van der Waals surface area contributed by atoms with Crippen molar-refractivity contribution in [3.63, 3.8) is 0 Å². The largest absolute Gasteiger partial charge is 0.333 e. The highest BCUT2D eigenvalue weighted by Gasteiger charge is 2.31. The minimum atomic E-state index is -0.151. The van der Waals surface area contributed by atoms with Crippen molar-refractivity contribution < 1.29 is 9.59 Å². The molecule has 1 N–H and O–H groups in total. The van der Waals surface area contributed by atoms with Crippen LogP contribution in [0.2, 0.25) is 0 Å². The molecule has 1 aliphatic heterocycles. The molecule has 2 aromatic rings. The fraction of sp³-hybridized carbons (Fsp3) is 0.300. The van der Waals surface area contributed by atoms with E-state index in [0.29, 0.717) is 13.0 Å². The molecule has 1 unspecified atom stereocenters. The number of nitrogens with zero attached hydrogens (tertiary/aromatic N) is 1. The SMILES string of the molecule is Cc1cc(C)cc(NC(=O)CN2CC(c3ccccc3)CC2=O)c1. The average molecular weight is 322 g/mol. The lowest BCUT2D eigenvalue weighted by Crippen LogP contribution is -2.34. The maximum atomic E-state index is 12.3. The number of anilines is 1. The van der Waals surface area contributed by atoms with Crippen LogP contribution in [0.25, 0.3) is 0 Å². The highest BCUT2D eigenvalue weighted by atomic mass is 16.2. The second-order valence-corrected chi connectivity index (χ2v) is 6.51. The molecule has 24 heavy (non-hydrogen) atoms. The zero-order valence-corrected chi connectivity index (χ0v) is 14.1. The zero-order valence-electron chi connectivity index (χ0n) is 14.1. The number of carbonyl (C=O) groups excluding carboxylic acids is 2. The number of benzene rings is 2. The molecule has 0 radical (unpaired) electrons. The van der Waals surface area contributed by atoms with Gasteiger partial charge in [0.2, 0.25) is 11.8 Å². The van der Waals surface area contributed by atoms with Crippen LogP contribution in [0.1, 0.15) is 29.0 Å². The standard InChI is InChI=1S/C20H22N2O2/c1-14-8-15(2)10-18(9-14)21-19(23)13-22-12-17(11-20(22)24)16-6-4-3-5-7-16/h3-10,17H,11-13H2,1-2H3,(H,21,23). The highest BCUT2D eigenvalue weighted by Crippen LogP contribution is 2.27. The lowest BCUT2D eigenvalue weighted by molar-refractivity contribution is -0.131. The summed E-state index contributed by atoms with van der Waals surface area (Å²) in [6, 6.07) is 15.9. The molecule has 0 aromatic heterocycles. The van der Waals surface area contributed by atoms with Gasteiger partial charge in [-0.15, -0.1) is 0 Å². The van der Waals surface area contributed by atoms with Crippen LogP contribution in [0.3, 0.4) is 0 Å². The minimum absolute atomic E-state index is 0.0411. The Bertz CT molecular complexity index is 735. The smallest absolute Gasteiger partial charge is 0.243 e. The van der Waals surface area contributed by atoms with Gasteiger partial charge in [0.25, 0.3) is 0 Å². The molecule has 1 saturated heterocycles. The molecule has 1 aliphatic rings. The molecule has 0 aliphatic carbocycles. The van der Waals surface area contributed by atoms with Crippen LogP contribution < -0.4 is 5.32 Å². The van der Waals surface area contributed by atoms with Crippen molar-refractivity contribution >= 4 is 17.5 Å². The molecule has 124 valence electrons. The summed E-state index contributed by atoms with van der Waals surface area (Å²) in [5, 5.41) is 2.89. The highest BCUT2D eigenvalue weighted by molar-refractivity contribution is 5.95. The summed E-state index contributed by atoms with van der Waals surface area (Å²) in [5.74, 6) is 0.0641. The van der Waals surface area contributed by atoms with E-state index in [-0.39, 0.29) is 24.3 Å². The molecular formula is C20H22N2O2. The fourth-order valence-electron chi connectivity index (χ4n) is 3.29. The first-order valence-electron chi connectivity index (χ1n) is 8.22. The maximum absolute atomic E-state index is 12.3. The number of hydrogen-bond donors (Lipinski definition) is 1. The van der Waals surface area contributed by atoms with E-state index in [1.165, 1.54) is 0 Å². The second kappa shape index (κ2) is 6.87. The van der Waals surface area contributed by atoms with Crippen LogP contribution >= 0.6 is 0 Å². The predicted octanol–water partition coefficient (Wildman–Crippen LogP) is 3.26. The number of hydrogen-bond acceptors (Lipinski definition) is 2. The van der Waals surface area contributed by atoms with Gasteiger partial charge < -0.3 is 10.2 Å². The Balaban J connectivity index is 1.61. The number of amides is 2. The number of nitrogens with one attached hydrogen (secondary N) is 1. The Morgan fingerprint density at radius 3 is 2.46 bits per heavy atom. The van der Waals surface area contributed by atoms with Gasteiger partial charge in [-0.05, 0) is 42.7 Å². The van der Waals surface area contributed by atoms with Gasteiger partial charge in [0.05, 0.1) is 6.54 Å². The summed E-state index contributed by atoms with van der Waals surface area (Å²) in [4.78, 5) is 26.1. The van der Waals surface area contributed by atoms with Gasteiger partial charge in [-0.2, -0.15) is 0 Å². The molecule has 2 aromatic carbocycles. The summed E-state index contributed by atoms with van der Waals surface area (Å²) < 4.78 is 0. The number of rotatable bonds is 4. The summed E-state index contributed by atoms with van der Waals surface area (Å²) in [7, 11) is 0. The van der Waals surface area contributed by atoms with Crippen molar-refractivity contribution in [3.05, 3.63) is 65.2 Å². The Hall–Kier alpha value is -2.62. The average Bonchev–Trinajstić information content (AvgIpc) is 2.88. The Labute approximate surface area is 142 Å². The molecule has 3 rings (SSSR count). The van der Waals surface area contributed by atoms with Crippen molar-refractivity contribution in [3.8, 4) is 0 Å². The molecule has 1 fully saturated rings. The third-order valence-electron chi connectivity index (χ3n) is 4.33. The normalized spacial score (nSPS) is 17.2. The quantitative estimate of drug-likeness (QED) is 0.939. The minimum Gasteiger partial charge on any atom is -0.333 e. The third kappa shape index (κ3) is 3.82. The lowest BCUT2D eigenvalue weighted by atomic mass is 9.99. The maximum Gasteiger partial charge on any atom is 0.243 e. The van der Waals surface area contributed by atoms with Crippen molar-refractivity contribution in [2.24, 2.45) is 0 Å². The van der Waals surface area contributed by atoms with E-state index in [1.54, 1.807) is 4.90 Å². The van der Waals surface area contributed by atoms with Gasteiger partial charge in [-0.25, -0.2) is 0 Å². The van der Waals surface area contributed by atoms with Crippen LogP contribution in [0.4, 0.5) is 5.69 Å². The number of carbonyl (C=O) groups is 2. The summed E-state index contributed by atoms with van der Waals surface area (Å²) in [5.41, 5.74) is 4.14. The van der Waals surface area contributed by atoms with Gasteiger partial charge >= 0.3 is 0 Å². The number of likely N-dealkylation sites (tertiary alicyclic amines) is 1. The van der Waals surface area contributed by atoms with Crippen molar-refractivity contribution in [1.82, 2.24) is 4.90 Å². The first kappa shape index (κ1) is 16.2. The molecule has 1 atom stereocenters. The molecule has 1 heterocycles. The molecule has 0 bridgehead atoms. The molecule has 2 amide bonds. The fourth-order valence-corrected chi connectivity index (χ4v) is 3.29. The van der Waals surface area contributed by atoms with E-state index in [2.05, 4.69) is 11.4 Å². The number of aryl methyl sites for hydroxylation is 2. The van der Waals surface area contributed by atoms with Gasteiger partial charge in [-0.1, -0.05) is 36.4 Å². The van der Waals surface area contributed by atoms with Crippen LogP contribution in [0.5, 0.6) is 0 Å². The van der Waals surface area contributed by atoms with Gasteiger partial charge in [0.1, 0.15) is 0 Å². The topological polar surface area (TPSA) is 49.4 Å². The van der Waals surface area contributed by atoms with Gasteiger partial charge in [-0.3, -0.25) is 9.59 Å². The predicted molar refractivity (Wildman–Crippen MR) is 94.9 cm³/mol. The molecule has 4 heteroatoms. The van der Waals surface area contributed by atoms with Crippen LogP contribution in [-0.2, 0) is 9.59 Å². The lowest BCUT2D eigenvalue weighted by Gasteiger charge is -2.17. The van der Waals surface area contributed by atoms with Gasteiger partial charge in [0.15, 0.2) is 0 Å². The molecule has 0 saturated carbocycles. The van der Waals surface area contributed by atoms with E-state index in [4.69, 9.17) is 0 Å². The summed E-state index contributed by atoms with van der Waals surface area (Å²) >= 11 is 0. The van der Waals surface area contributed by atoms with Crippen molar-refractivity contribution in [2.45, 2.75) is 26.2 Å². The van der Waals surface area contributed by atoms with Gasteiger partial charge in [0, 0.05) is 24.6 Å².